The van der Waals surface area contributed by atoms with Crippen LogP contribution in [0.2, 0.25) is 0 Å². The van der Waals surface area contributed by atoms with Crippen molar-refractivity contribution < 1.29 is 14.6 Å². The Bertz CT molecular complexity index is 360. The number of rotatable bonds is 5. The molecule has 1 rings (SSSR count). The normalized spacial score (nSPS) is 14.2. The first-order valence-corrected chi connectivity index (χ1v) is 5.41. The van der Waals surface area contributed by atoms with Crippen LogP contribution in [0.4, 0.5) is 0 Å². The molecule has 0 saturated carbocycles. The molecule has 3 nitrogen and oxygen atoms in total. The van der Waals surface area contributed by atoms with Gasteiger partial charge in [-0.25, -0.2) is 0 Å². The van der Waals surface area contributed by atoms with E-state index in [-0.39, 0.29) is 11.8 Å². The number of methoxy groups -OCH3 is 1. The Kier molecular flexibility index (Phi) is 4.35. The Morgan fingerprint density at radius 3 is 2.56 bits per heavy atom. The number of hydrogen-bond acceptors (Lipinski definition) is 2. The van der Waals surface area contributed by atoms with E-state index in [1.807, 2.05) is 31.2 Å². The van der Waals surface area contributed by atoms with Crippen LogP contribution in [-0.4, -0.2) is 18.2 Å². The number of aliphatic carboxylic acids is 1. The van der Waals surface area contributed by atoms with E-state index >= 15 is 0 Å². The number of ether oxygens (including phenoxy) is 1. The smallest absolute Gasteiger partial charge is 0.306 e. The molecule has 2 atom stereocenters. The fourth-order valence-electron chi connectivity index (χ4n) is 1.64. The van der Waals surface area contributed by atoms with E-state index in [4.69, 9.17) is 9.84 Å². The SMILES string of the molecule is COc1ccccc1CC(C)C(C)C(=O)O. The van der Waals surface area contributed by atoms with Crippen molar-refractivity contribution in [2.75, 3.05) is 7.11 Å². The summed E-state index contributed by atoms with van der Waals surface area (Å²) in [5.74, 6) is -0.173. The number of carboxylic acid groups (broad SMARTS) is 1. The standard InChI is InChI=1S/C13H18O3/c1-9(10(2)13(14)15)8-11-6-4-5-7-12(11)16-3/h4-7,9-10H,8H2,1-3H3,(H,14,15). The summed E-state index contributed by atoms with van der Waals surface area (Å²) in [5.41, 5.74) is 1.06. The van der Waals surface area contributed by atoms with Gasteiger partial charge in [0.25, 0.3) is 0 Å². The first-order chi connectivity index (χ1) is 7.56. The Hall–Kier alpha value is -1.51. The molecular formula is C13H18O3. The predicted octanol–water partition coefficient (Wildman–Crippen LogP) is 2.59. The zero-order valence-corrected chi connectivity index (χ0v) is 9.93. The van der Waals surface area contributed by atoms with Gasteiger partial charge in [0.2, 0.25) is 0 Å². The Morgan fingerprint density at radius 2 is 2.00 bits per heavy atom. The van der Waals surface area contributed by atoms with Crippen LogP contribution in [-0.2, 0) is 11.2 Å². The van der Waals surface area contributed by atoms with Crippen LogP contribution in [0.25, 0.3) is 0 Å². The van der Waals surface area contributed by atoms with Crippen LogP contribution >= 0.6 is 0 Å². The molecule has 0 heterocycles. The average Bonchev–Trinajstić information content (AvgIpc) is 2.28. The molecule has 0 aliphatic carbocycles. The highest BCUT2D eigenvalue weighted by Gasteiger charge is 2.20. The van der Waals surface area contributed by atoms with Gasteiger partial charge in [-0.2, -0.15) is 0 Å². The average molecular weight is 222 g/mol. The molecule has 0 radical (unpaired) electrons. The van der Waals surface area contributed by atoms with E-state index in [2.05, 4.69) is 0 Å². The number of carboxylic acids is 1. The summed E-state index contributed by atoms with van der Waals surface area (Å²) in [5, 5.41) is 8.93. The lowest BCUT2D eigenvalue weighted by Crippen LogP contribution is -2.20. The van der Waals surface area contributed by atoms with Crippen LogP contribution in [0.5, 0.6) is 5.75 Å². The van der Waals surface area contributed by atoms with Crippen molar-refractivity contribution in [1.82, 2.24) is 0 Å². The molecule has 1 aromatic rings. The highest BCUT2D eigenvalue weighted by molar-refractivity contribution is 5.69. The van der Waals surface area contributed by atoms with Crippen molar-refractivity contribution >= 4 is 5.97 Å². The van der Waals surface area contributed by atoms with E-state index in [1.54, 1.807) is 14.0 Å². The van der Waals surface area contributed by atoms with Crippen LogP contribution in [0.15, 0.2) is 24.3 Å². The summed E-state index contributed by atoms with van der Waals surface area (Å²) in [6.45, 7) is 3.69. The van der Waals surface area contributed by atoms with Gasteiger partial charge >= 0.3 is 5.97 Å². The van der Waals surface area contributed by atoms with Crippen LogP contribution < -0.4 is 4.74 Å². The minimum absolute atomic E-state index is 0.0915. The fourth-order valence-corrected chi connectivity index (χ4v) is 1.64. The second-order valence-corrected chi connectivity index (χ2v) is 4.12. The third-order valence-corrected chi connectivity index (χ3v) is 2.98. The maximum Gasteiger partial charge on any atom is 0.306 e. The molecule has 16 heavy (non-hydrogen) atoms. The van der Waals surface area contributed by atoms with Crippen LogP contribution in [0, 0.1) is 11.8 Å². The second-order valence-electron chi connectivity index (χ2n) is 4.12. The summed E-state index contributed by atoms with van der Waals surface area (Å²) < 4.78 is 5.24. The van der Waals surface area contributed by atoms with Crippen molar-refractivity contribution in [2.24, 2.45) is 11.8 Å². The molecule has 0 saturated heterocycles. The number of benzene rings is 1. The summed E-state index contributed by atoms with van der Waals surface area (Å²) in [6.07, 6.45) is 0.720. The van der Waals surface area contributed by atoms with E-state index in [1.165, 1.54) is 0 Å². The van der Waals surface area contributed by atoms with Crippen molar-refractivity contribution in [1.29, 1.82) is 0 Å². The van der Waals surface area contributed by atoms with Crippen molar-refractivity contribution in [3.63, 3.8) is 0 Å². The Balaban J connectivity index is 2.76. The molecule has 0 aromatic heterocycles. The van der Waals surface area contributed by atoms with E-state index in [0.717, 1.165) is 17.7 Å². The third kappa shape index (κ3) is 2.99. The van der Waals surface area contributed by atoms with Gasteiger partial charge in [0, 0.05) is 0 Å². The van der Waals surface area contributed by atoms with Crippen LogP contribution in [0.1, 0.15) is 19.4 Å². The summed E-state index contributed by atoms with van der Waals surface area (Å²) in [4.78, 5) is 10.9. The van der Waals surface area contributed by atoms with E-state index < -0.39 is 5.97 Å². The third-order valence-electron chi connectivity index (χ3n) is 2.98. The molecule has 0 aliphatic rings. The molecule has 1 N–H and O–H groups in total. The van der Waals surface area contributed by atoms with Gasteiger partial charge in [0.05, 0.1) is 13.0 Å². The Labute approximate surface area is 96.1 Å². The molecule has 88 valence electrons. The lowest BCUT2D eigenvalue weighted by atomic mass is 9.89. The largest absolute Gasteiger partial charge is 0.496 e. The van der Waals surface area contributed by atoms with Crippen LogP contribution in [0.3, 0.4) is 0 Å². The molecule has 3 heteroatoms. The summed E-state index contributed by atoms with van der Waals surface area (Å²) >= 11 is 0. The lowest BCUT2D eigenvalue weighted by molar-refractivity contribution is -0.142. The topological polar surface area (TPSA) is 46.5 Å². The van der Waals surface area contributed by atoms with Crippen molar-refractivity contribution in [3.8, 4) is 5.75 Å². The van der Waals surface area contributed by atoms with Gasteiger partial charge in [-0.3, -0.25) is 4.79 Å². The number of para-hydroxylation sites is 1. The number of carbonyl (C=O) groups is 1. The van der Waals surface area contributed by atoms with Gasteiger partial charge in [-0.05, 0) is 24.0 Å². The molecule has 2 unspecified atom stereocenters. The first-order valence-electron chi connectivity index (χ1n) is 5.41. The van der Waals surface area contributed by atoms with E-state index in [9.17, 15) is 4.79 Å². The monoisotopic (exact) mass is 222 g/mol. The first kappa shape index (κ1) is 12.6. The van der Waals surface area contributed by atoms with Crippen molar-refractivity contribution in [3.05, 3.63) is 29.8 Å². The zero-order valence-electron chi connectivity index (χ0n) is 9.93. The second kappa shape index (κ2) is 5.54. The quantitative estimate of drug-likeness (QED) is 0.833. The highest BCUT2D eigenvalue weighted by Crippen LogP contribution is 2.24. The van der Waals surface area contributed by atoms with Gasteiger partial charge in [-0.15, -0.1) is 0 Å². The van der Waals surface area contributed by atoms with Gasteiger partial charge in [-0.1, -0.05) is 32.0 Å². The summed E-state index contributed by atoms with van der Waals surface area (Å²) in [7, 11) is 1.63. The molecule has 0 fully saturated rings. The molecule has 0 bridgehead atoms. The highest BCUT2D eigenvalue weighted by atomic mass is 16.5. The maximum atomic E-state index is 10.9. The van der Waals surface area contributed by atoms with Crippen molar-refractivity contribution in [2.45, 2.75) is 20.3 Å². The van der Waals surface area contributed by atoms with E-state index in [0.29, 0.717) is 0 Å². The fraction of sp³-hybridized carbons (Fsp3) is 0.462. The number of hydrogen-bond donors (Lipinski definition) is 1. The van der Waals surface area contributed by atoms with Gasteiger partial charge in [0.1, 0.15) is 5.75 Å². The molecule has 0 spiro atoms. The Morgan fingerprint density at radius 1 is 1.38 bits per heavy atom. The summed E-state index contributed by atoms with van der Waals surface area (Å²) in [6, 6.07) is 7.72. The van der Waals surface area contributed by atoms with Gasteiger partial charge in [0.15, 0.2) is 0 Å². The molecule has 0 aliphatic heterocycles. The lowest BCUT2D eigenvalue weighted by Gasteiger charge is -2.17. The minimum Gasteiger partial charge on any atom is -0.496 e. The predicted molar refractivity (Wildman–Crippen MR) is 62.7 cm³/mol. The zero-order chi connectivity index (χ0) is 12.1. The maximum absolute atomic E-state index is 10.9. The molecule has 0 amide bonds. The molecule has 1 aromatic carbocycles. The molecular weight excluding hydrogens is 204 g/mol. The van der Waals surface area contributed by atoms with Gasteiger partial charge < -0.3 is 9.84 Å². The minimum atomic E-state index is -0.748.